The Morgan fingerprint density at radius 1 is 1.25 bits per heavy atom. The van der Waals surface area contributed by atoms with Crippen LogP contribution in [0.2, 0.25) is 0 Å². The lowest BCUT2D eigenvalue weighted by Gasteiger charge is -2.22. The summed E-state index contributed by atoms with van der Waals surface area (Å²) in [5, 5.41) is 2.64. The Hall–Kier alpha value is -0.900. The molecular formula is C12H23N2O2. The number of carbonyl (C=O) groups is 1. The monoisotopic (exact) mass is 227 g/mol. The molecule has 16 heavy (non-hydrogen) atoms. The third-order valence-corrected chi connectivity index (χ3v) is 3.20. The Labute approximate surface area is 98.0 Å². The first-order chi connectivity index (χ1) is 7.47. The van der Waals surface area contributed by atoms with Crippen LogP contribution in [0.1, 0.15) is 40.5 Å². The number of nitrogens with one attached hydrogen (secondary N) is 1. The van der Waals surface area contributed by atoms with Gasteiger partial charge in [-0.2, -0.15) is 0 Å². The maximum Gasteiger partial charge on any atom is 0.237 e. The first-order valence-electron chi connectivity index (χ1n) is 5.91. The first-order valence-corrected chi connectivity index (χ1v) is 5.91. The molecule has 0 bridgehead atoms. The molecule has 0 saturated carbocycles. The van der Waals surface area contributed by atoms with Crippen molar-refractivity contribution in [1.29, 1.82) is 0 Å². The molecule has 0 aliphatic rings. The zero-order valence-corrected chi connectivity index (χ0v) is 10.6. The molecule has 0 aromatic rings. The van der Waals surface area contributed by atoms with Gasteiger partial charge in [-0.25, -0.2) is 0 Å². The molecule has 1 radical (unpaired) electrons. The van der Waals surface area contributed by atoms with Gasteiger partial charge in [0.05, 0.1) is 12.1 Å². The molecule has 0 rings (SSSR count). The molecular weight excluding hydrogens is 204 g/mol. The lowest BCUT2D eigenvalue weighted by Crippen LogP contribution is -2.50. The topological polar surface area (TPSA) is 72.2 Å². The SMILES string of the molecule is CC[C@H](C)[C@H](N)C(=O)N[C@H]([C]=O)[C@@H](C)CC. The molecule has 93 valence electrons. The van der Waals surface area contributed by atoms with E-state index < -0.39 is 12.1 Å². The van der Waals surface area contributed by atoms with E-state index >= 15 is 0 Å². The predicted molar refractivity (Wildman–Crippen MR) is 64.5 cm³/mol. The molecule has 0 saturated heterocycles. The minimum atomic E-state index is -0.551. The number of nitrogens with two attached hydrogens (primary N) is 1. The van der Waals surface area contributed by atoms with Crippen LogP contribution in [0.15, 0.2) is 0 Å². The van der Waals surface area contributed by atoms with Crippen molar-refractivity contribution < 1.29 is 9.59 Å². The van der Waals surface area contributed by atoms with Crippen LogP contribution in [-0.4, -0.2) is 24.3 Å². The van der Waals surface area contributed by atoms with Gasteiger partial charge in [-0.05, 0) is 11.8 Å². The first kappa shape index (κ1) is 15.1. The molecule has 0 aromatic heterocycles. The summed E-state index contributed by atoms with van der Waals surface area (Å²) in [4.78, 5) is 22.4. The second-order valence-electron chi connectivity index (χ2n) is 4.40. The van der Waals surface area contributed by atoms with Crippen LogP contribution in [0.25, 0.3) is 0 Å². The van der Waals surface area contributed by atoms with E-state index in [0.717, 1.165) is 12.8 Å². The van der Waals surface area contributed by atoms with Crippen molar-refractivity contribution in [2.75, 3.05) is 0 Å². The molecule has 1 amide bonds. The number of hydrogen-bond acceptors (Lipinski definition) is 3. The van der Waals surface area contributed by atoms with E-state index in [2.05, 4.69) is 5.32 Å². The highest BCUT2D eigenvalue weighted by atomic mass is 16.2. The number of carbonyl (C=O) groups excluding carboxylic acids is 2. The summed E-state index contributed by atoms with van der Waals surface area (Å²) in [7, 11) is 0. The van der Waals surface area contributed by atoms with E-state index in [-0.39, 0.29) is 17.7 Å². The van der Waals surface area contributed by atoms with E-state index in [1.165, 1.54) is 0 Å². The van der Waals surface area contributed by atoms with Gasteiger partial charge in [0.25, 0.3) is 0 Å². The highest BCUT2D eigenvalue weighted by Gasteiger charge is 2.24. The van der Waals surface area contributed by atoms with Crippen molar-refractivity contribution in [2.45, 2.75) is 52.6 Å². The Balaban J connectivity index is 4.35. The van der Waals surface area contributed by atoms with Crippen LogP contribution in [-0.2, 0) is 9.59 Å². The average Bonchev–Trinajstić information content (AvgIpc) is 2.32. The summed E-state index contributed by atoms with van der Waals surface area (Å²) in [6.07, 6.45) is 3.52. The van der Waals surface area contributed by atoms with Gasteiger partial charge in [0, 0.05) is 0 Å². The van der Waals surface area contributed by atoms with Gasteiger partial charge in [0.2, 0.25) is 12.2 Å². The summed E-state index contributed by atoms with van der Waals surface area (Å²) in [6.45, 7) is 7.78. The Morgan fingerprint density at radius 3 is 2.12 bits per heavy atom. The minimum Gasteiger partial charge on any atom is -0.344 e. The van der Waals surface area contributed by atoms with Gasteiger partial charge in [-0.1, -0.05) is 40.5 Å². The van der Waals surface area contributed by atoms with Crippen molar-refractivity contribution >= 4 is 12.2 Å². The smallest absolute Gasteiger partial charge is 0.237 e. The van der Waals surface area contributed by atoms with Crippen LogP contribution in [0.3, 0.4) is 0 Å². The van der Waals surface area contributed by atoms with E-state index in [4.69, 9.17) is 5.73 Å². The van der Waals surface area contributed by atoms with Crippen LogP contribution >= 0.6 is 0 Å². The van der Waals surface area contributed by atoms with Gasteiger partial charge in [0.15, 0.2) is 0 Å². The fraction of sp³-hybridized carbons (Fsp3) is 0.833. The maximum atomic E-state index is 11.7. The third-order valence-electron chi connectivity index (χ3n) is 3.20. The summed E-state index contributed by atoms with van der Waals surface area (Å²) in [6, 6.07) is -1.10. The zero-order valence-electron chi connectivity index (χ0n) is 10.6. The molecule has 4 atom stereocenters. The lowest BCUT2D eigenvalue weighted by atomic mass is 9.97. The normalized spacial score (nSPS) is 18.3. The molecule has 4 nitrogen and oxygen atoms in total. The van der Waals surface area contributed by atoms with Gasteiger partial charge >= 0.3 is 0 Å². The zero-order chi connectivity index (χ0) is 12.7. The molecule has 0 aliphatic carbocycles. The summed E-state index contributed by atoms with van der Waals surface area (Å²) < 4.78 is 0. The quantitative estimate of drug-likeness (QED) is 0.681. The van der Waals surface area contributed by atoms with E-state index in [1.54, 1.807) is 0 Å². The second kappa shape index (κ2) is 7.39. The maximum absolute atomic E-state index is 11.7. The highest BCUT2D eigenvalue weighted by molar-refractivity contribution is 5.84. The fourth-order valence-corrected chi connectivity index (χ4v) is 1.29. The summed E-state index contributed by atoms with van der Waals surface area (Å²) >= 11 is 0. The van der Waals surface area contributed by atoms with Gasteiger partial charge in [-0.15, -0.1) is 0 Å². The largest absolute Gasteiger partial charge is 0.344 e. The summed E-state index contributed by atoms with van der Waals surface area (Å²) in [5.74, 6) is -0.0576. The van der Waals surface area contributed by atoms with Crippen LogP contribution in [0, 0.1) is 11.8 Å². The molecule has 0 unspecified atom stereocenters. The molecule has 3 N–H and O–H groups in total. The highest BCUT2D eigenvalue weighted by Crippen LogP contribution is 2.08. The lowest BCUT2D eigenvalue weighted by molar-refractivity contribution is -0.124. The molecule has 0 fully saturated rings. The number of hydrogen-bond donors (Lipinski definition) is 2. The van der Waals surface area contributed by atoms with Crippen molar-refractivity contribution in [3.05, 3.63) is 0 Å². The number of rotatable bonds is 7. The van der Waals surface area contributed by atoms with Crippen molar-refractivity contribution in [3.8, 4) is 0 Å². The van der Waals surface area contributed by atoms with Gasteiger partial charge < -0.3 is 11.1 Å². The van der Waals surface area contributed by atoms with Crippen LogP contribution in [0.5, 0.6) is 0 Å². The molecule has 0 spiro atoms. The standard InChI is InChI=1S/C12H23N2O2/c1-5-8(3)10(7-15)14-12(16)11(13)9(4)6-2/h8-11H,5-6,13H2,1-4H3,(H,14,16)/t8-,9-,10+,11-/m0/s1. The van der Waals surface area contributed by atoms with Gasteiger partial charge in [-0.3, -0.25) is 9.59 Å². The Kier molecular flexibility index (Phi) is 6.97. The predicted octanol–water partition coefficient (Wildman–Crippen LogP) is 1.00. The second-order valence-corrected chi connectivity index (χ2v) is 4.40. The molecule has 0 aromatic carbocycles. The van der Waals surface area contributed by atoms with Crippen molar-refractivity contribution in [1.82, 2.24) is 5.32 Å². The molecule has 4 heteroatoms. The van der Waals surface area contributed by atoms with E-state index in [9.17, 15) is 9.59 Å². The molecule has 0 heterocycles. The van der Waals surface area contributed by atoms with Gasteiger partial charge in [0.1, 0.15) is 0 Å². The summed E-state index contributed by atoms with van der Waals surface area (Å²) in [5.41, 5.74) is 5.77. The third kappa shape index (κ3) is 4.31. The van der Waals surface area contributed by atoms with Crippen molar-refractivity contribution in [3.63, 3.8) is 0 Å². The van der Waals surface area contributed by atoms with Crippen molar-refractivity contribution in [2.24, 2.45) is 17.6 Å². The van der Waals surface area contributed by atoms with E-state index in [0.29, 0.717) is 0 Å². The number of amides is 1. The minimum absolute atomic E-state index is 0.0885. The Morgan fingerprint density at radius 2 is 1.75 bits per heavy atom. The Bertz CT molecular complexity index is 231. The fourth-order valence-electron chi connectivity index (χ4n) is 1.29. The van der Waals surface area contributed by atoms with Crippen LogP contribution in [0.4, 0.5) is 0 Å². The average molecular weight is 227 g/mol. The van der Waals surface area contributed by atoms with E-state index in [1.807, 2.05) is 34.0 Å². The molecule has 0 aliphatic heterocycles. The van der Waals surface area contributed by atoms with Crippen LogP contribution < -0.4 is 11.1 Å².